The van der Waals surface area contributed by atoms with Crippen LogP contribution in [0.5, 0.6) is 0 Å². The van der Waals surface area contributed by atoms with Crippen LogP contribution in [0.25, 0.3) is 22.2 Å². The van der Waals surface area contributed by atoms with Gasteiger partial charge in [0.25, 0.3) is 0 Å². The van der Waals surface area contributed by atoms with E-state index in [0.717, 1.165) is 53.2 Å². The molecule has 3 aromatic rings. The summed E-state index contributed by atoms with van der Waals surface area (Å²) >= 11 is 0. The molecule has 0 unspecified atom stereocenters. The molecule has 0 aliphatic heterocycles. The first-order valence-corrected chi connectivity index (χ1v) is 7.44. The van der Waals surface area contributed by atoms with Crippen LogP contribution in [0, 0.1) is 0 Å². The standard InChI is InChI=1S/C17H20N4/c1-3-10-21-15(4-2)20-16(17(21)18)13-7-8-14-12(11-13)6-5-9-19-14/h5-9,11H,3-4,10,18H2,1-2H3. The average molecular weight is 280 g/mol. The van der Waals surface area contributed by atoms with Crippen molar-refractivity contribution < 1.29 is 0 Å². The zero-order valence-corrected chi connectivity index (χ0v) is 12.5. The lowest BCUT2D eigenvalue weighted by Gasteiger charge is -2.07. The lowest BCUT2D eigenvalue weighted by molar-refractivity contribution is 0.650. The summed E-state index contributed by atoms with van der Waals surface area (Å²) in [4.78, 5) is 9.09. The molecule has 21 heavy (non-hydrogen) atoms. The van der Waals surface area contributed by atoms with Gasteiger partial charge in [-0.1, -0.05) is 26.0 Å². The van der Waals surface area contributed by atoms with E-state index in [1.807, 2.05) is 24.4 Å². The minimum atomic E-state index is 0.761. The number of pyridine rings is 1. The minimum Gasteiger partial charge on any atom is -0.383 e. The fourth-order valence-electron chi connectivity index (χ4n) is 2.69. The third-order valence-corrected chi connectivity index (χ3v) is 3.73. The average Bonchev–Trinajstić information content (AvgIpc) is 2.84. The molecule has 2 aromatic heterocycles. The molecule has 0 atom stereocenters. The van der Waals surface area contributed by atoms with Crippen LogP contribution in [0.4, 0.5) is 5.82 Å². The van der Waals surface area contributed by atoms with Crippen molar-refractivity contribution in [3.05, 3.63) is 42.4 Å². The van der Waals surface area contributed by atoms with Gasteiger partial charge in [-0.15, -0.1) is 0 Å². The number of nitrogen functional groups attached to an aromatic ring is 1. The van der Waals surface area contributed by atoms with Crippen LogP contribution in [0.15, 0.2) is 36.5 Å². The summed E-state index contributed by atoms with van der Waals surface area (Å²) in [5, 5.41) is 1.11. The number of aromatic nitrogens is 3. The van der Waals surface area contributed by atoms with E-state index in [-0.39, 0.29) is 0 Å². The van der Waals surface area contributed by atoms with Gasteiger partial charge < -0.3 is 10.3 Å². The van der Waals surface area contributed by atoms with Crippen LogP contribution < -0.4 is 5.73 Å². The molecule has 2 heterocycles. The van der Waals surface area contributed by atoms with Crippen LogP contribution in [0.3, 0.4) is 0 Å². The highest BCUT2D eigenvalue weighted by atomic mass is 15.1. The lowest BCUT2D eigenvalue weighted by Crippen LogP contribution is -2.06. The van der Waals surface area contributed by atoms with Gasteiger partial charge in [0.05, 0.1) is 5.52 Å². The first-order valence-electron chi connectivity index (χ1n) is 7.44. The molecule has 0 aliphatic carbocycles. The smallest absolute Gasteiger partial charge is 0.131 e. The monoisotopic (exact) mass is 280 g/mol. The molecule has 4 nitrogen and oxygen atoms in total. The zero-order valence-electron chi connectivity index (χ0n) is 12.5. The molecular formula is C17H20N4. The van der Waals surface area contributed by atoms with Gasteiger partial charge in [0.15, 0.2) is 0 Å². The molecule has 0 radical (unpaired) electrons. The van der Waals surface area contributed by atoms with Crippen LogP contribution in [-0.4, -0.2) is 14.5 Å². The molecule has 0 saturated heterocycles. The first-order chi connectivity index (χ1) is 10.2. The number of anilines is 1. The largest absolute Gasteiger partial charge is 0.383 e. The molecule has 0 bridgehead atoms. The van der Waals surface area contributed by atoms with E-state index >= 15 is 0 Å². The molecule has 2 N–H and O–H groups in total. The Kier molecular flexibility index (Phi) is 3.60. The molecule has 0 amide bonds. The van der Waals surface area contributed by atoms with Crippen LogP contribution in [-0.2, 0) is 13.0 Å². The van der Waals surface area contributed by atoms with Crippen molar-refractivity contribution in [2.45, 2.75) is 33.2 Å². The van der Waals surface area contributed by atoms with Crippen molar-refractivity contribution in [2.24, 2.45) is 0 Å². The quantitative estimate of drug-likeness (QED) is 0.793. The summed E-state index contributed by atoms with van der Waals surface area (Å²) in [5.41, 5.74) is 9.25. The van der Waals surface area contributed by atoms with Gasteiger partial charge in [0, 0.05) is 30.1 Å². The maximum absolute atomic E-state index is 6.33. The van der Waals surface area contributed by atoms with Crippen molar-refractivity contribution in [1.29, 1.82) is 0 Å². The van der Waals surface area contributed by atoms with E-state index in [9.17, 15) is 0 Å². The Balaban J connectivity index is 2.13. The summed E-state index contributed by atoms with van der Waals surface area (Å²) in [6, 6.07) is 10.2. The highest BCUT2D eigenvalue weighted by molar-refractivity contribution is 5.85. The lowest BCUT2D eigenvalue weighted by atomic mass is 10.1. The van der Waals surface area contributed by atoms with Gasteiger partial charge in [-0.25, -0.2) is 4.98 Å². The Morgan fingerprint density at radius 2 is 2.05 bits per heavy atom. The molecular weight excluding hydrogens is 260 g/mol. The second kappa shape index (κ2) is 5.56. The van der Waals surface area contributed by atoms with Gasteiger partial charge in [-0.3, -0.25) is 4.98 Å². The predicted molar refractivity (Wildman–Crippen MR) is 87.0 cm³/mol. The van der Waals surface area contributed by atoms with E-state index in [4.69, 9.17) is 10.7 Å². The number of aryl methyl sites for hydroxylation is 1. The van der Waals surface area contributed by atoms with Gasteiger partial charge in [-0.2, -0.15) is 0 Å². The number of nitrogens with zero attached hydrogens (tertiary/aromatic N) is 3. The first kappa shape index (κ1) is 13.6. The van der Waals surface area contributed by atoms with E-state index in [2.05, 4.69) is 35.5 Å². The normalized spacial score (nSPS) is 11.1. The van der Waals surface area contributed by atoms with Gasteiger partial charge in [0.2, 0.25) is 0 Å². The van der Waals surface area contributed by atoms with Crippen LogP contribution in [0.2, 0.25) is 0 Å². The number of rotatable bonds is 4. The Bertz CT molecular complexity index is 774. The molecule has 0 aliphatic rings. The maximum atomic E-state index is 6.33. The van der Waals surface area contributed by atoms with E-state index < -0.39 is 0 Å². The summed E-state index contributed by atoms with van der Waals surface area (Å²) < 4.78 is 2.13. The molecule has 0 fully saturated rings. The number of imidazole rings is 1. The fraction of sp³-hybridized carbons (Fsp3) is 0.294. The summed E-state index contributed by atoms with van der Waals surface area (Å²) in [5.74, 6) is 1.81. The Labute approximate surface area is 124 Å². The highest BCUT2D eigenvalue weighted by Crippen LogP contribution is 2.29. The Hall–Kier alpha value is -2.36. The molecule has 4 heteroatoms. The number of fused-ring (bicyclic) bond motifs is 1. The Morgan fingerprint density at radius 3 is 2.81 bits per heavy atom. The Morgan fingerprint density at radius 1 is 1.19 bits per heavy atom. The number of nitrogens with two attached hydrogens (primary N) is 1. The SMILES string of the molecule is CCCn1c(CC)nc(-c2ccc3ncccc3c2)c1N. The second-order valence-corrected chi connectivity index (χ2v) is 5.18. The van der Waals surface area contributed by atoms with Crippen molar-refractivity contribution in [3.8, 4) is 11.3 Å². The topological polar surface area (TPSA) is 56.7 Å². The highest BCUT2D eigenvalue weighted by Gasteiger charge is 2.14. The van der Waals surface area contributed by atoms with E-state index in [1.54, 1.807) is 0 Å². The van der Waals surface area contributed by atoms with Crippen molar-refractivity contribution >= 4 is 16.7 Å². The maximum Gasteiger partial charge on any atom is 0.131 e. The molecule has 3 rings (SSSR count). The predicted octanol–water partition coefficient (Wildman–Crippen LogP) is 3.65. The van der Waals surface area contributed by atoms with Crippen molar-refractivity contribution in [2.75, 3.05) is 5.73 Å². The fourth-order valence-corrected chi connectivity index (χ4v) is 2.69. The third kappa shape index (κ3) is 2.37. The van der Waals surface area contributed by atoms with Crippen LogP contribution >= 0.6 is 0 Å². The molecule has 1 aromatic carbocycles. The van der Waals surface area contributed by atoms with Crippen LogP contribution in [0.1, 0.15) is 26.1 Å². The number of hydrogen-bond acceptors (Lipinski definition) is 3. The number of hydrogen-bond donors (Lipinski definition) is 1. The minimum absolute atomic E-state index is 0.761. The zero-order chi connectivity index (χ0) is 14.8. The van der Waals surface area contributed by atoms with Gasteiger partial charge in [-0.05, 0) is 24.6 Å². The van der Waals surface area contributed by atoms with Crippen molar-refractivity contribution in [1.82, 2.24) is 14.5 Å². The van der Waals surface area contributed by atoms with Gasteiger partial charge >= 0.3 is 0 Å². The summed E-state index contributed by atoms with van der Waals surface area (Å²) in [7, 11) is 0. The second-order valence-electron chi connectivity index (χ2n) is 5.18. The van der Waals surface area contributed by atoms with E-state index in [1.165, 1.54) is 0 Å². The van der Waals surface area contributed by atoms with Gasteiger partial charge in [0.1, 0.15) is 17.3 Å². The van der Waals surface area contributed by atoms with E-state index in [0.29, 0.717) is 0 Å². The molecule has 0 saturated carbocycles. The summed E-state index contributed by atoms with van der Waals surface area (Å²) in [6.07, 6.45) is 3.75. The summed E-state index contributed by atoms with van der Waals surface area (Å²) in [6.45, 7) is 5.18. The third-order valence-electron chi connectivity index (χ3n) is 3.73. The molecule has 108 valence electrons. The van der Waals surface area contributed by atoms with Crippen molar-refractivity contribution in [3.63, 3.8) is 0 Å². The molecule has 0 spiro atoms. The number of benzene rings is 1.